The molecule has 0 saturated heterocycles. The van der Waals surface area contributed by atoms with E-state index in [1.165, 1.54) is 74.7 Å². The molecule has 0 saturated carbocycles. The summed E-state index contributed by atoms with van der Waals surface area (Å²) in [4.78, 5) is 29.5. The van der Waals surface area contributed by atoms with Crippen LogP contribution in [0.15, 0.2) is 59.8 Å². The molecule has 0 heterocycles. The van der Waals surface area contributed by atoms with Crippen LogP contribution in [0.25, 0.3) is 0 Å². The van der Waals surface area contributed by atoms with Crippen molar-refractivity contribution in [2.75, 3.05) is 10.7 Å². The summed E-state index contributed by atoms with van der Waals surface area (Å²) in [6.07, 6.45) is 13.2. The average Bonchev–Trinajstić information content (AvgIpc) is 2.93. The van der Waals surface area contributed by atoms with Crippen LogP contribution in [0.2, 0.25) is 0 Å². The number of nitrogens with zero attached hydrogens (tertiary/aromatic N) is 2. The molecule has 0 radical (unpaired) electrons. The molecule has 0 aliphatic heterocycles. The van der Waals surface area contributed by atoms with Gasteiger partial charge >= 0.3 is 11.9 Å². The number of anilines is 2. The fourth-order valence-electron chi connectivity index (χ4n) is 4.08. The van der Waals surface area contributed by atoms with E-state index in [0.29, 0.717) is 17.1 Å². The highest BCUT2D eigenvalue weighted by Crippen LogP contribution is 2.31. The normalized spacial score (nSPS) is 11.8. The first-order valence-electron chi connectivity index (χ1n) is 13.6. The van der Waals surface area contributed by atoms with Crippen LogP contribution in [0.1, 0.15) is 77.6 Å². The monoisotopic (exact) mass is 560 g/mol. The number of carboxylic acids is 2. The minimum absolute atomic E-state index is 0.360. The Kier molecular flexibility index (Phi) is 16.2. The molecular weight excluding hydrogens is 520 g/mol. The molecule has 0 aromatic heterocycles. The van der Waals surface area contributed by atoms with Crippen LogP contribution in [0.3, 0.4) is 0 Å². The summed E-state index contributed by atoms with van der Waals surface area (Å²) in [6, 6.07) is 14.0. The highest BCUT2D eigenvalue weighted by atomic mass is 32.2. The number of benzene rings is 2. The van der Waals surface area contributed by atoms with E-state index in [1.54, 1.807) is 54.6 Å². The van der Waals surface area contributed by atoms with Crippen LogP contribution in [0, 0.1) is 0 Å². The quantitative estimate of drug-likeness (QED) is 0.0375. The molecule has 39 heavy (non-hydrogen) atoms. The molecule has 0 aliphatic carbocycles. The van der Waals surface area contributed by atoms with Crippen molar-refractivity contribution in [2.24, 2.45) is 5.16 Å². The first-order chi connectivity index (χ1) is 19.0. The molecule has 0 bridgehead atoms. The first-order valence-corrected chi connectivity index (χ1v) is 14.5. The Morgan fingerprint density at radius 1 is 0.897 bits per heavy atom. The Balaban J connectivity index is 1.75. The molecule has 0 amide bonds. The molecule has 0 fully saturated rings. The van der Waals surface area contributed by atoms with Crippen molar-refractivity contribution in [3.63, 3.8) is 0 Å². The second-order valence-electron chi connectivity index (χ2n) is 9.13. The van der Waals surface area contributed by atoms with Crippen LogP contribution in [0.5, 0.6) is 5.75 Å². The summed E-state index contributed by atoms with van der Waals surface area (Å²) in [7, 11) is 0. The van der Waals surface area contributed by atoms with E-state index in [0.717, 1.165) is 18.6 Å². The molecule has 2 rings (SSSR count). The van der Waals surface area contributed by atoms with Crippen molar-refractivity contribution in [3.05, 3.63) is 54.6 Å². The molecule has 9 nitrogen and oxygen atoms in total. The zero-order valence-electron chi connectivity index (χ0n) is 22.6. The summed E-state index contributed by atoms with van der Waals surface area (Å²) in [5, 5.41) is 22.6. The summed E-state index contributed by atoms with van der Waals surface area (Å²) in [5.74, 6) is -1.30. The SMILES string of the molecule is CCCCCCCCCCCCSOO/N=C/Oc1cccc(N(c2ccccc2)C(CC(=O)O)C(=O)O)c1. The number of carbonyl (C=O) groups is 2. The van der Waals surface area contributed by atoms with E-state index in [9.17, 15) is 19.8 Å². The van der Waals surface area contributed by atoms with Gasteiger partial charge in [-0.1, -0.05) is 93.3 Å². The number of aliphatic carboxylic acids is 2. The van der Waals surface area contributed by atoms with Crippen molar-refractivity contribution in [1.29, 1.82) is 0 Å². The van der Waals surface area contributed by atoms with E-state index in [-0.39, 0.29) is 0 Å². The summed E-state index contributed by atoms with van der Waals surface area (Å²) in [5.41, 5.74) is 0.984. The number of oxime groups is 1. The Morgan fingerprint density at radius 3 is 2.18 bits per heavy atom. The molecule has 0 spiro atoms. The largest absolute Gasteiger partial charge is 0.481 e. The van der Waals surface area contributed by atoms with Crippen LogP contribution in [0.4, 0.5) is 11.4 Å². The van der Waals surface area contributed by atoms with Gasteiger partial charge in [0, 0.05) is 35.2 Å². The third-order valence-electron chi connectivity index (χ3n) is 6.03. The van der Waals surface area contributed by atoms with Crippen molar-refractivity contribution < 1.29 is 33.9 Å². The van der Waals surface area contributed by atoms with Gasteiger partial charge in [-0.2, -0.15) is 0 Å². The molecule has 0 aliphatic rings. The minimum atomic E-state index is -1.32. The molecule has 1 atom stereocenters. The van der Waals surface area contributed by atoms with Crippen molar-refractivity contribution in [1.82, 2.24) is 0 Å². The van der Waals surface area contributed by atoms with Crippen molar-refractivity contribution in [3.8, 4) is 5.75 Å². The molecule has 10 heteroatoms. The topological polar surface area (TPSA) is 118 Å². The van der Waals surface area contributed by atoms with Gasteiger partial charge in [-0.3, -0.25) is 4.79 Å². The zero-order valence-corrected chi connectivity index (χ0v) is 23.4. The number of hydrogen-bond donors (Lipinski definition) is 2. The fraction of sp³-hybridized carbons (Fsp3) is 0.483. The molecule has 1 unspecified atom stereocenters. The Labute approximate surface area is 235 Å². The second kappa shape index (κ2) is 19.8. The van der Waals surface area contributed by atoms with Crippen molar-refractivity contribution >= 4 is 41.8 Å². The predicted molar refractivity (Wildman–Crippen MR) is 154 cm³/mol. The standard InChI is InChI=1S/C29H40N2O7S/c1-2-3-4-5-6-7-8-9-10-14-20-39-38-37-30-23-36-26-19-15-18-25(21-26)31(24-16-12-11-13-17-24)27(29(34)35)22-28(32)33/h11-13,15-19,21,23,27H,2-10,14,20,22H2,1H3,(H,32,33)(H,34,35)/b30-23+. The third kappa shape index (κ3) is 13.4. The maximum Gasteiger partial charge on any atom is 0.327 e. The smallest absolute Gasteiger partial charge is 0.327 e. The number of hydrogen-bond acceptors (Lipinski definition) is 8. The first kappa shape index (κ1) is 32.0. The second-order valence-corrected chi connectivity index (χ2v) is 9.91. The highest BCUT2D eigenvalue weighted by molar-refractivity contribution is 7.94. The van der Waals surface area contributed by atoms with Crippen molar-refractivity contribution in [2.45, 2.75) is 83.6 Å². The number of unbranched alkanes of at least 4 members (excludes halogenated alkanes) is 9. The van der Waals surface area contributed by atoms with E-state index >= 15 is 0 Å². The predicted octanol–water partition coefficient (Wildman–Crippen LogP) is 7.59. The number of rotatable bonds is 22. The number of para-hydroxylation sites is 1. The maximum absolute atomic E-state index is 12.0. The lowest BCUT2D eigenvalue weighted by molar-refractivity contribution is -0.191. The lowest BCUT2D eigenvalue weighted by atomic mass is 10.1. The summed E-state index contributed by atoms with van der Waals surface area (Å²) < 4.78 is 10.4. The number of carboxylic acid groups (broad SMARTS) is 2. The van der Waals surface area contributed by atoms with Crippen LogP contribution in [-0.2, 0) is 18.9 Å². The zero-order chi connectivity index (χ0) is 28.1. The third-order valence-corrected chi connectivity index (χ3v) is 6.64. The van der Waals surface area contributed by atoms with Gasteiger partial charge in [-0.25, -0.2) is 9.78 Å². The van der Waals surface area contributed by atoms with Gasteiger partial charge in [0.2, 0.25) is 6.40 Å². The van der Waals surface area contributed by atoms with Gasteiger partial charge in [-0.15, -0.1) is 0 Å². The van der Waals surface area contributed by atoms with E-state index in [2.05, 4.69) is 12.1 Å². The van der Waals surface area contributed by atoms with E-state index in [4.69, 9.17) is 14.1 Å². The van der Waals surface area contributed by atoms with Gasteiger partial charge in [0.05, 0.1) is 6.42 Å². The summed E-state index contributed by atoms with van der Waals surface area (Å²) >= 11 is 1.19. The minimum Gasteiger partial charge on any atom is -0.481 e. The van der Waals surface area contributed by atoms with Gasteiger partial charge < -0.3 is 19.8 Å². The molecule has 2 aromatic carbocycles. The van der Waals surface area contributed by atoms with E-state index < -0.39 is 24.4 Å². The number of ether oxygens (including phenoxy) is 1. The van der Waals surface area contributed by atoms with Gasteiger partial charge in [0.15, 0.2) is 0 Å². The maximum atomic E-state index is 12.0. The Morgan fingerprint density at radius 2 is 1.54 bits per heavy atom. The van der Waals surface area contributed by atoms with Crippen LogP contribution >= 0.6 is 12.0 Å². The van der Waals surface area contributed by atoms with Gasteiger partial charge in [0.1, 0.15) is 11.8 Å². The fourth-order valence-corrected chi connectivity index (χ4v) is 4.55. The van der Waals surface area contributed by atoms with E-state index in [1.807, 2.05) is 0 Å². The molecule has 214 valence electrons. The Bertz CT molecular complexity index is 991. The lowest BCUT2D eigenvalue weighted by Crippen LogP contribution is -2.39. The summed E-state index contributed by atoms with van der Waals surface area (Å²) in [6.45, 7) is 2.24. The molecular formula is C29H40N2O7S. The molecule has 2 aromatic rings. The van der Waals surface area contributed by atoms with Gasteiger partial charge in [0.25, 0.3) is 0 Å². The molecule has 2 N–H and O–H groups in total. The van der Waals surface area contributed by atoms with Crippen LogP contribution < -0.4 is 9.64 Å². The Hall–Kier alpha value is -3.24. The lowest BCUT2D eigenvalue weighted by Gasteiger charge is -2.30. The van der Waals surface area contributed by atoms with Gasteiger partial charge in [-0.05, 0) is 35.8 Å². The highest BCUT2D eigenvalue weighted by Gasteiger charge is 2.30. The van der Waals surface area contributed by atoms with Crippen LogP contribution in [-0.4, -0.2) is 40.3 Å². The average molecular weight is 561 g/mol.